The summed E-state index contributed by atoms with van der Waals surface area (Å²) in [5.41, 5.74) is 20.3. The number of carbonyl (C=O) groups excluding carboxylic acids is 6. The monoisotopic (exact) mass is 1390 g/mol. The van der Waals surface area contributed by atoms with Crippen molar-refractivity contribution >= 4 is 132 Å². The molecule has 3 aliphatic rings. The Hall–Kier alpha value is -6.69. The molecule has 30 nitrogen and oxygen atoms in total. The van der Waals surface area contributed by atoms with Crippen LogP contribution in [0.4, 0.5) is 17.5 Å². The van der Waals surface area contributed by atoms with Crippen LogP contribution >= 0.6 is 0 Å². The maximum atomic E-state index is 12.4. The number of hydrogen-bond donors (Lipinski definition) is 3. The fourth-order valence-corrected chi connectivity index (χ4v) is 13.1. The third-order valence-electron chi connectivity index (χ3n) is 13.0. The van der Waals surface area contributed by atoms with Crippen molar-refractivity contribution in [3.05, 3.63) is 38.0 Å². The normalized spacial score (nSPS) is 24.1. The molecule has 0 saturated carbocycles. The number of fused-ring (bicyclic) bond motifs is 3. The van der Waals surface area contributed by atoms with Crippen LogP contribution in [0.25, 0.3) is 33.5 Å². The van der Waals surface area contributed by atoms with Gasteiger partial charge in [-0.1, -0.05) is 7.43 Å². The minimum atomic E-state index is -0.822. The van der Waals surface area contributed by atoms with Crippen LogP contribution in [0.1, 0.15) is 106 Å². The van der Waals surface area contributed by atoms with Gasteiger partial charge in [-0.05, 0) is 0 Å². The first-order chi connectivity index (χ1) is 40.4. The molecule has 464 valence electrons. The molecular formula is C52H73N15O15Se3. The predicted octanol–water partition coefficient (Wildman–Crippen LogP) is 4.00. The molecule has 6 aromatic rings. The van der Waals surface area contributed by atoms with Gasteiger partial charge in [0, 0.05) is 0 Å². The molecule has 12 atom stereocenters. The van der Waals surface area contributed by atoms with Crippen molar-refractivity contribution in [3.8, 4) is 0 Å². The summed E-state index contributed by atoms with van der Waals surface area (Å²) in [7, 11) is 0. The Bertz CT molecular complexity index is 3250. The molecule has 3 saturated heterocycles. The van der Waals surface area contributed by atoms with Gasteiger partial charge in [0.1, 0.15) is 0 Å². The van der Waals surface area contributed by atoms with Gasteiger partial charge in [-0.2, -0.15) is 0 Å². The molecule has 85 heavy (non-hydrogen) atoms. The van der Waals surface area contributed by atoms with E-state index in [1.807, 2.05) is 13.8 Å². The fourth-order valence-electron chi connectivity index (χ4n) is 9.35. The molecule has 0 amide bonds. The third kappa shape index (κ3) is 16.0. The van der Waals surface area contributed by atoms with Gasteiger partial charge in [0.15, 0.2) is 0 Å². The molecule has 0 radical (unpaired) electrons. The average Bonchev–Trinajstić information content (AvgIpc) is 2.11. The summed E-state index contributed by atoms with van der Waals surface area (Å²) in [6.45, 7) is 9.83. The SMILES string of the molecule is C.CCC(=O)OC1[C@@H](C[Se]C)O[C@@H](n2cnc3c(N)ncnc32)[C@H]1OC(=O)CC.CCCC(=O)OC1[C@@H](C[Se]C)O[C@@H](n2cnc3c(N)ncnc32)[C@H]1OC(=O)CCC.C[Se]C[C@H]1O[C@@H](n2cnc3c(N)ncnc32)[C@@H](OC(C)=O)C1OC(C)=O. The van der Waals surface area contributed by atoms with Crippen molar-refractivity contribution in [2.75, 3.05) is 17.2 Å². The van der Waals surface area contributed by atoms with Gasteiger partial charge >= 0.3 is 504 Å². The van der Waals surface area contributed by atoms with E-state index in [-0.39, 0.29) is 107 Å². The number of nitrogen functional groups attached to an aromatic ring is 3. The van der Waals surface area contributed by atoms with Gasteiger partial charge < -0.3 is 0 Å². The second-order valence-corrected chi connectivity index (χ2v) is 24.7. The van der Waals surface area contributed by atoms with E-state index in [4.69, 9.17) is 59.8 Å². The summed E-state index contributed by atoms with van der Waals surface area (Å²) >= 11 is 0.790. The van der Waals surface area contributed by atoms with E-state index in [2.05, 4.69) is 62.3 Å². The van der Waals surface area contributed by atoms with Gasteiger partial charge in [0.05, 0.1) is 0 Å². The zero-order valence-electron chi connectivity index (χ0n) is 47.7. The number of rotatable bonds is 21. The first-order valence-corrected chi connectivity index (χ1v) is 35.5. The molecule has 6 N–H and O–H groups in total. The Balaban J connectivity index is 0.000000203. The van der Waals surface area contributed by atoms with Crippen molar-refractivity contribution in [3.63, 3.8) is 0 Å². The fraction of sp³-hybridized carbons (Fsp3) is 0.596. The van der Waals surface area contributed by atoms with Gasteiger partial charge in [0.25, 0.3) is 0 Å². The Kier molecular flexibility index (Phi) is 25.1. The molecule has 9 heterocycles. The number of esters is 6. The molecule has 3 fully saturated rings. The molecule has 6 aromatic heterocycles. The summed E-state index contributed by atoms with van der Waals surface area (Å²) in [5, 5.41) is 2.11. The van der Waals surface area contributed by atoms with E-state index in [9.17, 15) is 28.8 Å². The number of imidazole rings is 3. The second-order valence-electron chi connectivity index (χ2n) is 19.0. The molecule has 0 aromatic carbocycles. The first kappa shape index (κ1) is 67.4. The van der Waals surface area contributed by atoms with Crippen molar-refractivity contribution in [1.29, 1.82) is 0 Å². The van der Waals surface area contributed by atoms with Gasteiger partial charge in [-0.15, -0.1) is 0 Å². The van der Waals surface area contributed by atoms with E-state index >= 15 is 0 Å². The minimum absolute atomic E-state index is 0. The van der Waals surface area contributed by atoms with Crippen LogP contribution in [0.15, 0.2) is 38.0 Å². The predicted molar refractivity (Wildman–Crippen MR) is 308 cm³/mol. The van der Waals surface area contributed by atoms with Crippen LogP contribution in [0, 0.1) is 0 Å². The van der Waals surface area contributed by atoms with Gasteiger partial charge in [-0.3, -0.25) is 0 Å². The summed E-state index contributed by atoms with van der Waals surface area (Å²) in [4.78, 5) is 109. The van der Waals surface area contributed by atoms with E-state index in [1.54, 1.807) is 27.5 Å². The first-order valence-electron chi connectivity index (χ1n) is 26.8. The second kappa shape index (κ2) is 31.6. The van der Waals surface area contributed by atoms with Crippen LogP contribution in [0.2, 0.25) is 33.4 Å². The number of aromatic nitrogens is 12. The van der Waals surface area contributed by atoms with E-state index < -0.39 is 91.5 Å². The summed E-state index contributed by atoms with van der Waals surface area (Å²) < 4.78 is 57.2. The average molecular weight is 1390 g/mol. The zero-order chi connectivity index (χ0) is 60.8. The summed E-state index contributed by atoms with van der Waals surface area (Å²) in [5.74, 6) is 4.48. The van der Waals surface area contributed by atoms with E-state index in [0.29, 0.717) is 68.7 Å². The zero-order valence-corrected chi connectivity index (χ0v) is 52.8. The van der Waals surface area contributed by atoms with Gasteiger partial charge in [-0.25, -0.2) is 0 Å². The molecule has 9 rings (SSSR count). The van der Waals surface area contributed by atoms with Gasteiger partial charge in [0.2, 0.25) is 0 Å². The molecular weight excluding hydrogens is 1310 g/mol. The topological polar surface area (TPSA) is 394 Å². The number of ether oxygens (including phenoxy) is 9. The maximum absolute atomic E-state index is 12.4. The number of nitrogens with zero attached hydrogens (tertiary/aromatic N) is 12. The Morgan fingerprint density at radius 3 is 1.04 bits per heavy atom. The van der Waals surface area contributed by atoms with Crippen LogP contribution in [-0.4, -0.2) is 194 Å². The Morgan fingerprint density at radius 2 is 0.729 bits per heavy atom. The molecule has 0 aliphatic carbocycles. The number of anilines is 3. The summed E-state index contributed by atoms with van der Waals surface area (Å²) in [6, 6.07) is 0. The van der Waals surface area contributed by atoms with Crippen LogP contribution in [-0.2, 0) is 71.4 Å². The van der Waals surface area contributed by atoms with Crippen LogP contribution in [0.5, 0.6) is 0 Å². The summed E-state index contributed by atoms with van der Waals surface area (Å²) in [6.07, 6.45) is 2.88. The Morgan fingerprint density at radius 1 is 0.447 bits per heavy atom. The standard InChI is InChI=1S/C19H27N5O5Se.C17H23N5O5Se.C15H19N5O5Se.CH4/c1-4-6-12(25)28-15-11(8-30-3)27-19(16(15)29-13(26)7-5-2)24-10-23-14-17(20)21-9-22-18(14)24;1-4-10(23)26-13-9(6-28-3)25-17(14(13)27-11(24)5-2)22-8-21-12-15(18)19-7-20-16(12)22;1-7(21)23-11-9(4-26-3)25-15(12(11)24-8(2)22)20-6-19-10-13(16)17-5-18-14(10)20;/h9-11,15-16,19H,4-8H2,1-3H3,(H2,20,21,22);7-9,13-14,17H,4-6H2,1-3H3,(H2,18,19,20);5-6,9,11-12,15H,4H2,1-3H3,(H2,16,17,18);1H4/t11-,15?,16+,19-;9-,13?,14+,17-;9-,11?,12+,15-;/m111./s1. The number of nitrogens with two attached hydrogens (primary N) is 3. The molecule has 3 aliphatic heterocycles. The van der Waals surface area contributed by atoms with Crippen LogP contribution in [0.3, 0.4) is 0 Å². The quantitative estimate of drug-likeness (QED) is 0.0521. The molecule has 0 spiro atoms. The number of carbonyl (C=O) groups is 6. The molecule has 0 bridgehead atoms. The van der Waals surface area contributed by atoms with Crippen LogP contribution < -0.4 is 17.2 Å². The number of hydrogen-bond acceptors (Lipinski definition) is 27. The molecule has 33 heteroatoms. The van der Waals surface area contributed by atoms with Crippen molar-refractivity contribution < 1.29 is 71.4 Å². The van der Waals surface area contributed by atoms with Crippen molar-refractivity contribution in [1.82, 2.24) is 58.6 Å². The third-order valence-corrected chi connectivity index (χ3v) is 17.2. The van der Waals surface area contributed by atoms with Crippen molar-refractivity contribution in [2.45, 2.75) is 195 Å². The van der Waals surface area contributed by atoms with E-state index in [1.165, 1.54) is 51.8 Å². The Labute approximate surface area is 508 Å². The molecule has 3 unspecified atom stereocenters. The van der Waals surface area contributed by atoms with E-state index in [0.717, 1.165) is 0 Å². The van der Waals surface area contributed by atoms with Crippen molar-refractivity contribution in [2.24, 2.45) is 0 Å².